The molecular weight excluding hydrogens is 354 g/mol. The first-order valence-corrected chi connectivity index (χ1v) is 9.96. The Hall–Kier alpha value is -2.83. The molecule has 2 aliphatic rings. The molecule has 7 heteroatoms. The first-order valence-electron chi connectivity index (χ1n) is 9.96. The summed E-state index contributed by atoms with van der Waals surface area (Å²) < 4.78 is 0. The van der Waals surface area contributed by atoms with E-state index < -0.39 is 0 Å². The Bertz CT molecular complexity index is 806. The third kappa shape index (κ3) is 4.03. The van der Waals surface area contributed by atoms with Crippen LogP contribution in [0.4, 0.5) is 0 Å². The Labute approximate surface area is 164 Å². The number of rotatable bonds is 3. The monoisotopic (exact) mass is 379 g/mol. The largest absolute Gasteiger partial charge is 0.342 e. The van der Waals surface area contributed by atoms with Crippen LogP contribution in [0.1, 0.15) is 47.7 Å². The fourth-order valence-corrected chi connectivity index (χ4v) is 4.23. The van der Waals surface area contributed by atoms with Gasteiger partial charge in [0.2, 0.25) is 5.91 Å². The quantitative estimate of drug-likeness (QED) is 0.816. The molecule has 2 aromatic rings. The average molecular weight is 379 g/mol. The van der Waals surface area contributed by atoms with Gasteiger partial charge in [0, 0.05) is 67.9 Å². The molecule has 1 unspecified atom stereocenters. The van der Waals surface area contributed by atoms with Crippen LogP contribution >= 0.6 is 0 Å². The third-order valence-electron chi connectivity index (χ3n) is 5.81. The van der Waals surface area contributed by atoms with Crippen molar-refractivity contribution in [1.29, 1.82) is 0 Å². The van der Waals surface area contributed by atoms with Crippen molar-refractivity contribution >= 4 is 11.8 Å². The lowest BCUT2D eigenvalue weighted by molar-refractivity contribution is -0.138. The molecule has 2 aliphatic heterocycles. The predicted octanol–water partition coefficient (Wildman–Crippen LogP) is 2.13. The van der Waals surface area contributed by atoms with Gasteiger partial charge in [0.25, 0.3) is 5.91 Å². The molecule has 7 nitrogen and oxygen atoms in total. The van der Waals surface area contributed by atoms with E-state index in [1.165, 1.54) is 0 Å². The van der Waals surface area contributed by atoms with Crippen LogP contribution in [0.3, 0.4) is 0 Å². The maximum Gasteiger partial charge on any atom is 0.253 e. The minimum atomic E-state index is 0.00522. The number of aromatic nitrogens is 3. The molecule has 0 radical (unpaired) electrons. The van der Waals surface area contributed by atoms with Crippen molar-refractivity contribution in [1.82, 2.24) is 24.8 Å². The smallest absolute Gasteiger partial charge is 0.253 e. The molecule has 0 aliphatic carbocycles. The van der Waals surface area contributed by atoms with Gasteiger partial charge in [0.05, 0.1) is 0 Å². The molecule has 0 saturated carbocycles. The lowest BCUT2D eigenvalue weighted by Gasteiger charge is -2.37. The van der Waals surface area contributed by atoms with Gasteiger partial charge in [-0.05, 0) is 43.9 Å². The van der Waals surface area contributed by atoms with Gasteiger partial charge in [-0.25, -0.2) is 9.97 Å². The first-order chi connectivity index (χ1) is 13.7. The molecule has 1 atom stereocenters. The van der Waals surface area contributed by atoms with Gasteiger partial charge in [-0.15, -0.1) is 0 Å². The molecule has 2 fully saturated rings. The van der Waals surface area contributed by atoms with Gasteiger partial charge in [-0.2, -0.15) is 0 Å². The van der Waals surface area contributed by atoms with Gasteiger partial charge in [-0.3, -0.25) is 14.6 Å². The van der Waals surface area contributed by atoms with E-state index in [1.54, 1.807) is 37.1 Å². The fraction of sp³-hybridized carbons (Fsp3) is 0.476. The molecule has 146 valence electrons. The maximum absolute atomic E-state index is 13.1. The number of piperidine rings is 2. The summed E-state index contributed by atoms with van der Waals surface area (Å²) in [4.78, 5) is 41.8. The van der Waals surface area contributed by atoms with Gasteiger partial charge >= 0.3 is 0 Å². The zero-order chi connectivity index (χ0) is 19.3. The minimum Gasteiger partial charge on any atom is -0.342 e. The lowest BCUT2D eigenvalue weighted by atomic mass is 9.90. The van der Waals surface area contributed by atoms with E-state index >= 15 is 0 Å². The van der Waals surface area contributed by atoms with Crippen LogP contribution in [0.15, 0.2) is 43.1 Å². The van der Waals surface area contributed by atoms with Crippen LogP contribution < -0.4 is 0 Å². The SMILES string of the molecule is O=C(c1ccncc1)N1CCC(C(=O)N2CCCC(c3ccncn3)C2)CC1. The molecule has 4 heterocycles. The Morgan fingerprint density at radius 1 is 0.893 bits per heavy atom. The third-order valence-corrected chi connectivity index (χ3v) is 5.81. The molecule has 0 N–H and O–H groups in total. The molecule has 2 amide bonds. The maximum atomic E-state index is 13.1. The molecule has 2 saturated heterocycles. The van der Waals surface area contributed by atoms with E-state index in [9.17, 15) is 9.59 Å². The van der Waals surface area contributed by atoms with Crippen molar-refractivity contribution in [2.24, 2.45) is 5.92 Å². The highest BCUT2D eigenvalue weighted by molar-refractivity contribution is 5.94. The van der Waals surface area contributed by atoms with Crippen molar-refractivity contribution < 1.29 is 9.59 Å². The van der Waals surface area contributed by atoms with Crippen LogP contribution in [0.2, 0.25) is 0 Å². The number of likely N-dealkylation sites (tertiary alicyclic amines) is 2. The second-order valence-corrected chi connectivity index (χ2v) is 7.56. The van der Waals surface area contributed by atoms with Gasteiger partial charge < -0.3 is 9.80 Å². The zero-order valence-corrected chi connectivity index (χ0v) is 15.9. The van der Waals surface area contributed by atoms with Gasteiger partial charge in [0.15, 0.2) is 0 Å². The fourth-order valence-electron chi connectivity index (χ4n) is 4.23. The summed E-state index contributed by atoms with van der Waals surface area (Å²) in [7, 11) is 0. The Kier molecular flexibility index (Phi) is 5.60. The first kappa shape index (κ1) is 18.5. The summed E-state index contributed by atoms with van der Waals surface area (Å²) in [5.41, 5.74) is 1.67. The number of carbonyl (C=O) groups is 2. The number of hydrogen-bond acceptors (Lipinski definition) is 5. The Morgan fingerprint density at radius 3 is 2.36 bits per heavy atom. The number of hydrogen-bond donors (Lipinski definition) is 0. The van der Waals surface area contributed by atoms with E-state index in [-0.39, 0.29) is 23.7 Å². The minimum absolute atomic E-state index is 0.00522. The van der Waals surface area contributed by atoms with E-state index in [0.29, 0.717) is 18.7 Å². The standard InChI is InChI=1S/C21H25N5O2/c27-20(16-3-8-22-9-4-16)25-12-6-17(7-13-25)21(28)26-11-1-2-18(14-26)19-5-10-23-15-24-19/h3-5,8-10,15,17-18H,1-2,6-7,11-14H2. The van der Waals surface area contributed by atoms with Crippen LogP contribution in [-0.4, -0.2) is 62.7 Å². The van der Waals surface area contributed by atoms with E-state index in [4.69, 9.17) is 0 Å². The Balaban J connectivity index is 1.33. The topological polar surface area (TPSA) is 79.3 Å². The summed E-state index contributed by atoms with van der Waals surface area (Å²) in [6.07, 6.45) is 10.1. The second-order valence-electron chi connectivity index (χ2n) is 7.56. The molecular formula is C21H25N5O2. The van der Waals surface area contributed by atoms with Crippen molar-refractivity contribution in [2.75, 3.05) is 26.2 Å². The Morgan fingerprint density at radius 2 is 1.64 bits per heavy atom. The second kappa shape index (κ2) is 8.46. The van der Waals surface area contributed by atoms with Crippen molar-refractivity contribution in [3.63, 3.8) is 0 Å². The molecule has 0 bridgehead atoms. The summed E-state index contributed by atoms with van der Waals surface area (Å²) in [5.74, 6) is 0.546. The zero-order valence-electron chi connectivity index (χ0n) is 15.9. The van der Waals surface area contributed by atoms with Crippen molar-refractivity contribution in [3.8, 4) is 0 Å². The molecule has 0 spiro atoms. The van der Waals surface area contributed by atoms with Crippen LogP contribution in [-0.2, 0) is 4.79 Å². The number of pyridine rings is 1. The van der Waals surface area contributed by atoms with Crippen molar-refractivity contribution in [2.45, 2.75) is 31.6 Å². The lowest BCUT2D eigenvalue weighted by Crippen LogP contribution is -2.47. The molecule has 2 aromatic heterocycles. The molecule has 4 rings (SSSR count). The van der Waals surface area contributed by atoms with Crippen molar-refractivity contribution in [3.05, 3.63) is 54.4 Å². The highest BCUT2D eigenvalue weighted by Gasteiger charge is 2.33. The summed E-state index contributed by atoms with van der Waals surface area (Å²) in [6.45, 7) is 2.80. The highest BCUT2D eigenvalue weighted by Crippen LogP contribution is 2.28. The van der Waals surface area contributed by atoms with Gasteiger partial charge in [0.1, 0.15) is 6.33 Å². The van der Waals surface area contributed by atoms with E-state index in [1.807, 2.05) is 15.9 Å². The van der Waals surface area contributed by atoms with E-state index in [0.717, 1.165) is 44.5 Å². The van der Waals surface area contributed by atoms with Gasteiger partial charge in [-0.1, -0.05) is 0 Å². The molecule has 0 aromatic carbocycles. The van der Waals surface area contributed by atoms with Crippen LogP contribution in [0.25, 0.3) is 0 Å². The van der Waals surface area contributed by atoms with E-state index in [2.05, 4.69) is 15.0 Å². The predicted molar refractivity (Wildman–Crippen MR) is 103 cm³/mol. The number of carbonyl (C=O) groups excluding carboxylic acids is 2. The van der Waals surface area contributed by atoms with Crippen LogP contribution in [0.5, 0.6) is 0 Å². The number of nitrogens with zero attached hydrogens (tertiary/aromatic N) is 5. The molecule has 28 heavy (non-hydrogen) atoms. The van der Waals surface area contributed by atoms with Crippen LogP contribution in [0, 0.1) is 5.92 Å². The highest BCUT2D eigenvalue weighted by atomic mass is 16.2. The average Bonchev–Trinajstić information content (AvgIpc) is 2.79. The normalized spacial score (nSPS) is 20.8. The summed E-state index contributed by atoms with van der Waals surface area (Å²) in [5, 5.41) is 0. The summed E-state index contributed by atoms with van der Waals surface area (Å²) in [6, 6.07) is 5.42. The number of amides is 2. The summed E-state index contributed by atoms with van der Waals surface area (Å²) >= 11 is 0.